The lowest BCUT2D eigenvalue weighted by molar-refractivity contribution is -0.133. The molecule has 2 aliphatic rings. The first-order valence-electron chi connectivity index (χ1n) is 11.2. The molecule has 1 saturated heterocycles. The third-order valence-electron chi connectivity index (χ3n) is 5.98. The van der Waals surface area contributed by atoms with Gasteiger partial charge in [-0.25, -0.2) is 4.98 Å². The quantitative estimate of drug-likeness (QED) is 0.657. The molecule has 1 amide bonds. The Morgan fingerprint density at radius 1 is 1.09 bits per heavy atom. The van der Waals surface area contributed by atoms with E-state index in [0.29, 0.717) is 54.0 Å². The molecule has 1 aromatic carbocycles. The number of anilines is 2. The molecule has 0 unspecified atom stereocenters. The van der Waals surface area contributed by atoms with Gasteiger partial charge in [-0.05, 0) is 38.0 Å². The Morgan fingerprint density at radius 3 is 2.56 bits per heavy atom. The maximum atomic E-state index is 12.6. The molecule has 1 aromatic heterocycles. The molecule has 172 valence electrons. The van der Waals surface area contributed by atoms with Gasteiger partial charge in [0.2, 0.25) is 5.95 Å². The monoisotopic (exact) mass is 477 g/mol. The third kappa shape index (κ3) is 5.95. The molecule has 2 fully saturated rings. The summed E-state index contributed by atoms with van der Waals surface area (Å²) >= 11 is 12.0. The van der Waals surface area contributed by atoms with Crippen LogP contribution in [-0.4, -0.2) is 59.6 Å². The number of aromatic nitrogens is 2. The number of rotatable bonds is 6. The molecule has 2 heterocycles. The molecule has 1 aliphatic carbocycles. The maximum Gasteiger partial charge on any atom is 0.260 e. The fourth-order valence-corrected chi connectivity index (χ4v) is 4.68. The van der Waals surface area contributed by atoms with E-state index in [2.05, 4.69) is 15.2 Å². The second-order valence-electron chi connectivity index (χ2n) is 8.40. The van der Waals surface area contributed by atoms with Crippen LogP contribution < -0.4 is 15.0 Å². The Morgan fingerprint density at radius 2 is 1.84 bits per heavy atom. The summed E-state index contributed by atoms with van der Waals surface area (Å²) in [6, 6.07) is 7.43. The summed E-state index contributed by atoms with van der Waals surface area (Å²) in [5.41, 5.74) is 0.944. The van der Waals surface area contributed by atoms with E-state index in [1.807, 2.05) is 17.9 Å². The molecule has 0 radical (unpaired) electrons. The van der Waals surface area contributed by atoms with Crippen LogP contribution in [0.3, 0.4) is 0 Å². The van der Waals surface area contributed by atoms with Gasteiger partial charge in [0.05, 0.1) is 5.02 Å². The lowest BCUT2D eigenvalue weighted by Gasteiger charge is -2.35. The molecule has 1 aliphatic heterocycles. The van der Waals surface area contributed by atoms with E-state index in [9.17, 15) is 4.79 Å². The van der Waals surface area contributed by atoms with Crippen molar-refractivity contribution in [1.29, 1.82) is 0 Å². The summed E-state index contributed by atoms with van der Waals surface area (Å²) in [5, 5.41) is 4.44. The van der Waals surface area contributed by atoms with Crippen molar-refractivity contribution in [2.24, 2.45) is 0 Å². The van der Waals surface area contributed by atoms with Gasteiger partial charge in [0.25, 0.3) is 5.91 Å². The van der Waals surface area contributed by atoms with Crippen molar-refractivity contribution in [2.75, 3.05) is 43.0 Å². The molecular formula is C23H29Cl2N5O2. The number of carbonyl (C=O) groups is 1. The van der Waals surface area contributed by atoms with Crippen molar-refractivity contribution in [3.8, 4) is 5.75 Å². The molecule has 0 spiro atoms. The molecule has 0 bridgehead atoms. The minimum atomic E-state index is -0.0609. The smallest absolute Gasteiger partial charge is 0.260 e. The van der Waals surface area contributed by atoms with Gasteiger partial charge in [-0.3, -0.25) is 4.79 Å². The van der Waals surface area contributed by atoms with Crippen LogP contribution >= 0.6 is 23.2 Å². The second-order valence-corrected chi connectivity index (χ2v) is 9.25. The van der Waals surface area contributed by atoms with Crippen molar-refractivity contribution in [3.05, 3.63) is 40.0 Å². The Bertz CT molecular complexity index is 944. The van der Waals surface area contributed by atoms with E-state index in [1.165, 1.54) is 32.1 Å². The zero-order valence-corrected chi connectivity index (χ0v) is 19.8. The molecule has 1 saturated carbocycles. The number of ether oxygens (including phenoxy) is 1. The Balaban J connectivity index is 1.30. The van der Waals surface area contributed by atoms with Crippen molar-refractivity contribution >= 4 is 40.9 Å². The van der Waals surface area contributed by atoms with Crippen LogP contribution in [0.2, 0.25) is 10.0 Å². The topological polar surface area (TPSA) is 70.6 Å². The normalized spacial score (nSPS) is 17.3. The molecular weight excluding hydrogens is 449 g/mol. The lowest BCUT2D eigenvalue weighted by atomic mass is 9.96. The number of nitrogens with one attached hydrogen (secondary N) is 1. The van der Waals surface area contributed by atoms with Crippen LogP contribution in [0.5, 0.6) is 5.75 Å². The van der Waals surface area contributed by atoms with Gasteiger partial charge in [0, 0.05) is 49.0 Å². The summed E-state index contributed by atoms with van der Waals surface area (Å²) in [7, 11) is 0. The minimum absolute atomic E-state index is 0.0522. The third-order valence-corrected chi connectivity index (χ3v) is 6.51. The average molecular weight is 478 g/mol. The highest BCUT2D eigenvalue weighted by Crippen LogP contribution is 2.27. The average Bonchev–Trinajstić information content (AvgIpc) is 2.79. The molecule has 2 aromatic rings. The molecule has 7 nitrogen and oxygen atoms in total. The Hall–Kier alpha value is -2.25. The van der Waals surface area contributed by atoms with Crippen LogP contribution in [0.15, 0.2) is 24.3 Å². The van der Waals surface area contributed by atoms with Crippen LogP contribution in [0.1, 0.15) is 37.8 Å². The highest BCUT2D eigenvalue weighted by atomic mass is 35.5. The molecule has 9 heteroatoms. The fraction of sp³-hybridized carbons (Fsp3) is 0.522. The largest absolute Gasteiger partial charge is 0.482 e. The maximum absolute atomic E-state index is 12.6. The van der Waals surface area contributed by atoms with Gasteiger partial charge >= 0.3 is 0 Å². The van der Waals surface area contributed by atoms with Gasteiger partial charge in [0.15, 0.2) is 6.61 Å². The first-order chi connectivity index (χ1) is 15.5. The van der Waals surface area contributed by atoms with Crippen LogP contribution in [0.25, 0.3) is 0 Å². The van der Waals surface area contributed by atoms with Crippen LogP contribution in [0, 0.1) is 6.92 Å². The van der Waals surface area contributed by atoms with E-state index < -0.39 is 0 Å². The SMILES string of the molecule is Cc1cc(N2CCN(C(=O)COc3ccc(Cl)cc3Cl)CC2)nc(NC2CCCCC2)n1. The van der Waals surface area contributed by atoms with Crippen LogP contribution in [0.4, 0.5) is 11.8 Å². The number of carbonyl (C=O) groups excluding carboxylic acids is 1. The number of hydrogen-bond acceptors (Lipinski definition) is 6. The minimum Gasteiger partial charge on any atom is -0.482 e. The van der Waals surface area contributed by atoms with Crippen molar-refractivity contribution in [1.82, 2.24) is 14.9 Å². The highest BCUT2D eigenvalue weighted by molar-refractivity contribution is 6.35. The van der Waals surface area contributed by atoms with E-state index in [4.69, 9.17) is 32.9 Å². The summed E-state index contributed by atoms with van der Waals surface area (Å²) in [4.78, 5) is 26.0. The van der Waals surface area contributed by atoms with E-state index in [1.54, 1.807) is 18.2 Å². The highest BCUT2D eigenvalue weighted by Gasteiger charge is 2.23. The molecule has 1 N–H and O–H groups in total. The van der Waals surface area contributed by atoms with Crippen molar-refractivity contribution in [3.63, 3.8) is 0 Å². The van der Waals surface area contributed by atoms with Crippen LogP contribution in [-0.2, 0) is 4.79 Å². The van der Waals surface area contributed by atoms with E-state index >= 15 is 0 Å². The Labute approximate surface area is 199 Å². The predicted molar refractivity (Wildman–Crippen MR) is 128 cm³/mol. The molecule has 0 atom stereocenters. The standard InChI is InChI=1S/C23H29Cl2N5O2/c1-16-13-21(28-23(26-16)27-18-5-3-2-4-6-18)29-9-11-30(12-10-29)22(31)15-32-20-8-7-17(24)14-19(20)25/h7-8,13-14,18H,2-6,9-12,15H2,1H3,(H,26,27,28). The number of amides is 1. The molecule has 32 heavy (non-hydrogen) atoms. The summed E-state index contributed by atoms with van der Waals surface area (Å²) in [6.45, 7) is 4.61. The number of piperazine rings is 1. The number of benzene rings is 1. The zero-order chi connectivity index (χ0) is 22.5. The first kappa shape index (κ1) is 22.9. The fourth-order valence-electron chi connectivity index (χ4n) is 4.22. The van der Waals surface area contributed by atoms with Gasteiger partial charge in [-0.2, -0.15) is 4.98 Å². The summed E-state index contributed by atoms with van der Waals surface area (Å²) in [5.74, 6) is 2.01. The second kappa shape index (κ2) is 10.6. The Kier molecular flexibility index (Phi) is 7.58. The number of aryl methyl sites for hydroxylation is 1. The van der Waals surface area contributed by atoms with Gasteiger partial charge in [0.1, 0.15) is 11.6 Å². The number of hydrogen-bond donors (Lipinski definition) is 1. The first-order valence-corrected chi connectivity index (χ1v) is 12.0. The van der Waals surface area contributed by atoms with E-state index in [-0.39, 0.29) is 12.5 Å². The van der Waals surface area contributed by atoms with Gasteiger partial charge in [-0.15, -0.1) is 0 Å². The zero-order valence-electron chi connectivity index (χ0n) is 18.3. The summed E-state index contributed by atoms with van der Waals surface area (Å²) in [6.07, 6.45) is 6.20. The molecule has 4 rings (SSSR count). The predicted octanol–water partition coefficient (Wildman–Crippen LogP) is 4.56. The van der Waals surface area contributed by atoms with Gasteiger partial charge < -0.3 is 19.9 Å². The number of halogens is 2. The van der Waals surface area contributed by atoms with Gasteiger partial charge in [-0.1, -0.05) is 42.5 Å². The van der Waals surface area contributed by atoms with Crippen molar-refractivity contribution in [2.45, 2.75) is 45.1 Å². The number of nitrogens with zero attached hydrogens (tertiary/aromatic N) is 4. The lowest BCUT2D eigenvalue weighted by Crippen LogP contribution is -2.50. The van der Waals surface area contributed by atoms with Crippen molar-refractivity contribution < 1.29 is 9.53 Å². The van der Waals surface area contributed by atoms with E-state index in [0.717, 1.165) is 11.5 Å². The summed E-state index contributed by atoms with van der Waals surface area (Å²) < 4.78 is 5.60.